The Labute approximate surface area is 103 Å². The van der Waals surface area contributed by atoms with Crippen molar-refractivity contribution in [3.63, 3.8) is 0 Å². The normalized spacial score (nSPS) is 10.9. The number of rotatable bonds is 1. The molecular formula is C12H9ClN4. The maximum Gasteiger partial charge on any atom is 0.141 e. The minimum atomic E-state index is 0.689. The predicted molar refractivity (Wildman–Crippen MR) is 66.9 cm³/mol. The van der Waals surface area contributed by atoms with Crippen LogP contribution in [0.15, 0.2) is 30.7 Å². The van der Waals surface area contributed by atoms with Gasteiger partial charge in [-0.05, 0) is 25.1 Å². The number of aryl methyl sites for hydroxylation is 1. The predicted octanol–water partition coefficient (Wildman–Crippen LogP) is 2.98. The Morgan fingerprint density at radius 1 is 1.29 bits per heavy atom. The van der Waals surface area contributed by atoms with Crippen LogP contribution in [-0.4, -0.2) is 19.9 Å². The molecule has 0 unspecified atom stereocenters. The average Bonchev–Trinajstić information content (AvgIpc) is 2.72. The Bertz CT molecular complexity index is 690. The summed E-state index contributed by atoms with van der Waals surface area (Å²) in [6.07, 6.45) is 3.28. The second-order valence-corrected chi connectivity index (χ2v) is 4.21. The van der Waals surface area contributed by atoms with E-state index in [1.807, 2.05) is 25.1 Å². The number of halogens is 1. The Balaban J connectivity index is 2.22. The lowest BCUT2D eigenvalue weighted by atomic mass is 10.2. The largest absolute Gasteiger partial charge is 0.338 e. The summed E-state index contributed by atoms with van der Waals surface area (Å²) in [7, 11) is 0. The Morgan fingerprint density at radius 3 is 3.00 bits per heavy atom. The van der Waals surface area contributed by atoms with E-state index in [4.69, 9.17) is 11.6 Å². The van der Waals surface area contributed by atoms with Crippen molar-refractivity contribution in [3.8, 4) is 11.4 Å². The van der Waals surface area contributed by atoms with E-state index in [9.17, 15) is 0 Å². The highest BCUT2D eigenvalue weighted by Crippen LogP contribution is 2.23. The van der Waals surface area contributed by atoms with Crippen molar-refractivity contribution >= 4 is 22.6 Å². The van der Waals surface area contributed by atoms with Crippen LogP contribution in [0.2, 0.25) is 5.02 Å². The third-order valence-electron chi connectivity index (χ3n) is 2.61. The van der Waals surface area contributed by atoms with E-state index in [-0.39, 0.29) is 0 Å². The smallest absolute Gasteiger partial charge is 0.141 e. The fourth-order valence-corrected chi connectivity index (χ4v) is 1.90. The van der Waals surface area contributed by atoms with Crippen molar-refractivity contribution in [2.75, 3.05) is 0 Å². The monoisotopic (exact) mass is 244 g/mol. The summed E-state index contributed by atoms with van der Waals surface area (Å²) in [6, 6.07) is 5.56. The van der Waals surface area contributed by atoms with Crippen molar-refractivity contribution in [3.05, 3.63) is 41.4 Å². The summed E-state index contributed by atoms with van der Waals surface area (Å²) < 4.78 is 0. The molecule has 0 radical (unpaired) electrons. The van der Waals surface area contributed by atoms with Crippen LogP contribution in [-0.2, 0) is 0 Å². The fourth-order valence-electron chi connectivity index (χ4n) is 1.73. The molecule has 0 fully saturated rings. The van der Waals surface area contributed by atoms with Crippen molar-refractivity contribution in [1.82, 2.24) is 19.9 Å². The molecule has 0 atom stereocenters. The number of imidazole rings is 1. The summed E-state index contributed by atoms with van der Waals surface area (Å²) in [5.41, 5.74) is 3.59. The first-order valence-corrected chi connectivity index (χ1v) is 5.54. The van der Waals surface area contributed by atoms with Gasteiger partial charge in [0.15, 0.2) is 0 Å². The standard InChI is InChI=1S/C12H9ClN4/c1-7-9(5-14-6-15-7)12-16-10-3-2-8(13)4-11(10)17-12/h2-6H,1H3,(H,16,17). The molecule has 3 aromatic rings. The molecule has 2 heterocycles. The number of nitrogens with one attached hydrogen (secondary N) is 1. The molecule has 2 aromatic heterocycles. The van der Waals surface area contributed by atoms with E-state index in [1.165, 1.54) is 6.33 Å². The third-order valence-corrected chi connectivity index (χ3v) is 2.85. The van der Waals surface area contributed by atoms with Gasteiger partial charge in [-0.2, -0.15) is 0 Å². The van der Waals surface area contributed by atoms with Crippen LogP contribution in [0.4, 0.5) is 0 Å². The van der Waals surface area contributed by atoms with E-state index in [1.54, 1.807) is 6.20 Å². The Kier molecular flexibility index (Phi) is 2.30. The van der Waals surface area contributed by atoms with E-state index in [0.717, 1.165) is 28.1 Å². The number of benzene rings is 1. The molecule has 0 aliphatic heterocycles. The highest BCUT2D eigenvalue weighted by Gasteiger charge is 2.08. The first-order valence-electron chi connectivity index (χ1n) is 5.16. The summed E-state index contributed by atoms with van der Waals surface area (Å²) in [5.74, 6) is 0.764. The van der Waals surface area contributed by atoms with Gasteiger partial charge in [0.25, 0.3) is 0 Å². The summed E-state index contributed by atoms with van der Waals surface area (Å²) >= 11 is 5.93. The molecule has 1 aromatic carbocycles. The van der Waals surface area contributed by atoms with Gasteiger partial charge in [0.05, 0.1) is 22.3 Å². The Morgan fingerprint density at radius 2 is 2.18 bits per heavy atom. The second kappa shape index (κ2) is 3.82. The summed E-state index contributed by atoms with van der Waals surface area (Å²) in [5, 5.41) is 0.689. The van der Waals surface area contributed by atoms with Gasteiger partial charge in [-0.15, -0.1) is 0 Å². The maximum absolute atomic E-state index is 5.93. The molecule has 17 heavy (non-hydrogen) atoms. The minimum Gasteiger partial charge on any atom is -0.338 e. The lowest BCUT2D eigenvalue weighted by Gasteiger charge is -1.98. The van der Waals surface area contributed by atoms with Gasteiger partial charge in [0, 0.05) is 11.2 Å². The van der Waals surface area contributed by atoms with Gasteiger partial charge in [-0.1, -0.05) is 11.6 Å². The molecule has 0 saturated carbocycles. The van der Waals surface area contributed by atoms with Crippen LogP contribution in [0.5, 0.6) is 0 Å². The van der Waals surface area contributed by atoms with Gasteiger partial charge in [-0.25, -0.2) is 15.0 Å². The van der Waals surface area contributed by atoms with Gasteiger partial charge < -0.3 is 4.98 Å². The molecule has 0 bridgehead atoms. The van der Waals surface area contributed by atoms with Crippen molar-refractivity contribution in [2.45, 2.75) is 6.92 Å². The molecule has 1 N–H and O–H groups in total. The van der Waals surface area contributed by atoms with E-state index in [2.05, 4.69) is 19.9 Å². The molecular weight excluding hydrogens is 236 g/mol. The van der Waals surface area contributed by atoms with E-state index >= 15 is 0 Å². The van der Waals surface area contributed by atoms with Gasteiger partial charge in [0.2, 0.25) is 0 Å². The lowest BCUT2D eigenvalue weighted by molar-refractivity contribution is 1.09. The number of aromatic nitrogens is 4. The fraction of sp³-hybridized carbons (Fsp3) is 0.0833. The van der Waals surface area contributed by atoms with Crippen LogP contribution in [0.25, 0.3) is 22.4 Å². The van der Waals surface area contributed by atoms with Crippen LogP contribution in [0.3, 0.4) is 0 Å². The number of aromatic amines is 1. The van der Waals surface area contributed by atoms with Gasteiger partial charge >= 0.3 is 0 Å². The lowest BCUT2D eigenvalue weighted by Crippen LogP contribution is -1.90. The molecule has 0 spiro atoms. The quantitative estimate of drug-likeness (QED) is 0.716. The van der Waals surface area contributed by atoms with Crippen LogP contribution >= 0.6 is 11.6 Å². The molecule has 3 rings (SSSR count). The Hall–Kier alpha value is -1.94. The molecule has 0 aliphatic carbocycles. The molecule has 0 amide bonds. The van der Waals surface area contributed by atoms with Crippen LogP contribution in [0, 0.1) is 6.92 Å². The second-order valence-electron chi connectivity index (χ2n) is 3.77. The van der Waals surface area contributed by atoms with Gasteiger partial charge in [0.1, 0.15) is 12.2 Å². The first kappa shape index (κ1) is 10.2. The summed E-state index contributed by atoms with van der Waals surface area (Å²) in [4.78, 5) is 15.9. The first-order chi connectivity index (χ1) is 8.24. The van der Waals surface area contributed by atoms with Crippen molar-refractivity contribution < 1.29 is 0 Å². The molecule has 5 heteroatoms. The zero-order valence-electron chi connectivity index (χ0n) is 9.11. The van der Waals surface area contributed by atoms with Crippen molar-refractivity contribution in [1.29, 1.82) is 0 Å². The van der Waals surface area contributed by atoms with Crippen LogP contribution < -0.4 is 0 Å². The maximum atomic E-state index is 5.93. The molecule has 4 nitrogen and oxygen atoms in total. The SMILES string of the molecule is Cc1ncncc1-c1nc2ccc(Cl)cc2[nH]1. The number of H-pyrrole nitrogens is 1. The van der Waals surface area contributed by atoms with Crippen LogP contribution in [0.1, 0.15) is 5.69 Å². The highest BCUT2D eigenvalue weighted by molar-refractivity contribution is 6.31. The van der Waals surface area contributed by atoms with E-state index < -0.39 is 0 Å². The zero-order chi connectivity index (χ0) is 11.8. The van der Waals surface area contributed by atoms with Crippen molar-refractivity contribution in [2.24, 2.45) is 0 Å². The topological polar surface area (TPSA) is 54.5 Å². The number of nitrogens with zero attached hydrogens (tertiary/aromatic N) is 3. The summed E-state index contributed by atoms with van der Waals surface area (Å²) in [6.45, 7) is 1.93. The number of fused-ring (bicyclic) bond motifs is 1. The number of hydrogen-bond acceptors (Lipinski definition) is 3. The average molecular weight is 245 g/mol. The minimum absolute atomic E-state index is 0.689. The van der Waals surface area contributed by atoms with E-state index in [0.29, 0.717) is 5.02 Å². The molecule has 0 saturated heterocycles. The zero-order valence-corrected chi connectivity index (χ0v) is 9.86. The molecule has 0 aliphatic rings. The highest BCUT2D eigenvalue weighted by atomic mass is 35.5. The van der Waals surface area contributed by atoms with Gasteiger partial charge in [-0.3, -0.25) is 0 Å². The number of hydrogen-bond donors (Lipinski definition) is 1. The molecule has 84 valence electrons. The third kappa shape index (κ3) is 1.76.